The highest BCUT2D eigenvalue weighted by Crippen LogP contribution is 2.70. The molecule has 4 saturated carbocycles. The topological polar surface area (TPSA) is 205 Å². The van der Waals surface area contributed by atoms with Crippen LogP contribution in [0.25, 0.3) is 0 Å². The van der Waals surface area contributed by atoms with Gasteiger partial charge in [0.15, 0.2) is 12.6 Å². The number of cyclic esters (lactones) is 1. The second kappa shape index (κ2) is 12.8. The van der Waals surface area contributed by atoms with Gasteiger partial charge in [-0.3, -0.25) is 0 Å². The van der Waals surface area contributed by atoms with Gasteiger partial charge in [-0.05, 0) is 99.4 Å². The van der Waals surface area contributed by atoms with Gasteiger partial charge in [-0.25, -0.2) is 4.79 Å². The van der Waals surface area contributed by atoms with E-state index in [1.165, 1.54) is 0 Å². The number of carbonyl (C=O) groups is 1. The summed E-state index contributed by atoms with van der Waals surface area (Å²) in [6.45, 7) is 5.92. The SMILES string of the molecule is CC1OC(OC2CCC3(C)C(CCC4C3CCC3(C)C(C5=CC(=O)OC5)CCC43O)C2)C(OC2OC(CO)C(O)C(O)C2O)C(O)C1O. The van der Waals surface area contributed by atoms with Gasteiger partial charge in [0.25, 0.3) is 0 Å². The standard InChI is InChI=1S/C35H54O13/c1-16-25(38)28(41)30(48-31-29(42)27(40)26(39)23(14-36)47-31)32(45-16)46-19-6-9-33(2)18(13-19)4-5-22-21(33)7-10-34(3)20(8-11-35(22,34)43)17-12-24(37)44-15-17/h12,16,18-23,25-32,36,38-43H,4-11,13-15H2,1-3H3. The van der Waals surface area contributed by atoms with Gasteiger partial charge >= 0.3 is 5.97 Å². The Morgan fingerprint density at radius 1 is 0.833 bits per heavy atom. The predicted octanol–water partition coefficient (Wildman–Crippen LogP) is 0.280. The second-order valence-electron chi connectivity index (χ2n) is 16.3. The normalized spacial score (nSPS) is 55.3. The van der Waals surface area contributed by atoms with E-state index in [9.17, 15) is 40.5 Å². The fourth-order valence-electron chi connectivity index (χ4n) is 11.3. The quantitative estimate of drug-likeness (QED) is 0.149. The molecule has 13 heteroatoms. The summed E-state index contributed by atoms with van der Waals surface area (Å²) < 4.78 is 29.2. The fraction of sp³-hybridized carbons (Fsp3) is 0.914. The van der Waals surface area contributed by atoms with Crippen LogP contribution in [0, 0.1) is 34.5 Å². The van der Waals surface area contributed by atoms with Gasteiger partial charge in [0.1, 0.15) is 49.3 Å². The van der Waals surface area contributed by atoms with Crippen LogP contribution in [-0.4, -0.2) is 128 Å². The molecule has 0 aromatic rings. The highest BCUT2D eigenvalue weighted by molar-refractivity contribution is 5.85. The average Bonchev–Trinajstić information content (AvgIpc) is 3.61. The third-order valence-electron chi connectivity index (χ3n) is 14.2. The molecule has 0 spiro atoms. The summed E-state index contributed by atoms with van der Waals surface area (Å²) in [7, 11) is 0. The smallest absolute Gasteiger partial charge is 0.331 e. The van der Waals surface area contributed by atoms with Gasteiger partial charge in [-0.1, -0.05) is 13.8 Å². The Labute approximate surface area is 281 Å². The van der Waals surface area contributed by atoms with E-state index in [-0.39, 0.29) is 34.7 Å². The minimum Gasteiger partial charge on any atom is -0.458 e. The number of ether oxygens (including phenoxy) is 5. The maximum Gasteiger partial charge on any atom is 0.331 e. The maximum absolute atomic E-state index is 12.5. The van der Waals surface area contributed by atoms with Crippen LogP contribution in [0.5, 0.6) is 0 Å². The summed E-state index contributed by atoms with van der Waals surface area (Å²) in [5.41, 5.74) is -0.0628. The molecule has 18 atom stereocenters. The number of rotatable bonds is 6. The van der Waals surface area contributed by atoms with Gasteiger partial charge in [0.05, 0.1) is 24.4 Å². The first kappa shape index (κ1) is 35.2. The first-order chi connectivity index (χ1) is 22.7. The van der Waals surface area contributed by atoms with Crippen LogP contribution in [0.4, 0.5) is 0 Å². The lowest BCUT2D eigenvalue weighted by atomic mass is 9.43. The first-order valence-corrected chi connectivity index (χ1v) is 17.9. The van der Waals surface area contributed by atoms with Crippen molar-refractivity contribution < 1.29 is 64.2 Å². The molecule has 18 unspecified atom stereocenters. The van der Waals surface area contributed by atoms with Crippen LogP contribution >= 0.6 is 0 Å². The molecule has 0 aromatic heterocycles. The Hall–Kier alpha value is -1.23. The molecular formula is C35H54O13. The van der Waals surface area contributed by atoms with Crippen molar-refractivity contribution in [1.82, 2.24) is 0 Å². The lowest BCUT2D eigenvalue weighted by Gasteiger charge is -2.64. The molecule has 0 aromatic carbocycles. The Balaban J connectivity index is 1.04. The number of hydrogen-bond acceptors (Lipinski definition) is 13. The summed E-state index contributed by atoms with van der Waals surface area (Å²) in [5, 5.41) is 74.9. The third kappa shape index (κ3) is 5.42. The summed E-state index contributed by atoms with van der Waals surface area (Å²) in [6.07, 6.45) is -4.50. The van der Waals surface area contributed by atoms with E-state index < -0.39 is 73.6 Å². The number of esters is 1. The van der Waals surface area contributed by atoms with Gasteiger partial charge in [0.2, 0.25) is 0 Å². The maximum atomic E-state index is 12.5. The molecule has 7 N–H and O–H groups in total. The van der Waals surface area contributed by atoms with Crippen LogP contribution in [0.1, 0.15) is 78.6 Å². The van der Waals surface area contributed by atoms with Crippen molar-refractivity contribution in [2.75, 3.05) is 13.2 Å². The van der Waals surface area contributed by atoms with E-state index >= 15 is 0 Å². The summed E-state index contributed by atoms with van der Waals surface area (Å²) >= 11 is 0. The number of fused-ring (bicyclic) bond motifs is 5. The Morgan fingerprint density at radius 2 is 1.60 bits per heavy atom. The van der Waals surface area contributed by atoms with Gasteiger partial charge in [0, 0.05) is 11.5 Å². The van der Waals surface area contributed by atoms with Crippen molar-refractivity contribution in [3.8, 4) is 0 Å². The van der Waals surface area contributed by atoms with E-state index in [4.69, 9.17) is 23.7 Å². The van der Waals surface area contributed by atoms with E-state index in [0.717, 1.165) is 63.4 Å². The Kier molecular flexibility index (Phi) is 9.36. The van der Waals surface area contributed by atoms with E-state index in [1.807, 2.05) is 0 Å². The predicted molar refractivity (Wildman–Crippen MR) is 166 cm³/mol. The van der Waals surface area contributed by atoms with Crippen molar-refractivity contribution in [1.29, 1.82) is 0 Å². The van der Waals surface area contributed by atoms with Crippen LogP contribution < -0.4 is 0 Å². The first-order valence-electron chi connectivity index (χ1n) is 17.9. The van der Waals surface area contributed by atoms with E-state index in [1.54, 1.807) is 13.0 Å². The molecule has 0 amide bonds. The van der Waals surface area contributed by atoms with Gasteiger partial charge < -0.3 is 59.4 Å². The minimum absolute atomic E-state index is 0.00623. The molecule has 48 heavy (non-hydrogen) atoms. The lowest BCUT2D eigenvalue weighted by Crippen LogP contribution is -2.64. The number of aliphatic hydroxyl groups excluding tert-OH is 6. The molecule has 7 rings (SSSR count). The van der Waals surface area contributed by atoms with Crippen LogP contribution in [0.15, 0.2) is 11.6 Å². The molecule has 4 aliphatic carbocycles. The molecule has 2 saturated heterocycles. The van der Waals surface area contributed by atoms with Crippen molar-refractivity contribution >= 4 is 5.97 Å². The van der Waals surface area contributed by atoms with Crippen molar-refractivity contribution in [2.45, 2.75) is 152 Å². The van der Waals surface area contributed by atoms with Crippen LogP contribution in [-0.2, 0) is 28.5 Å². The highest BCUT2D eigenvalue weighted by atomic mass is 16.8. The van der Waals surface area contributed by atoms with Gasteiger partial charge in [-0.15, -0.1) is 0 Å². The molecule has 6 fully saturated rings. The zero-order valence-corrected chi connectivity index (χ0v) is 28.1. The van der Waals surface area contributed by atoms with E-state index in [0.29, 0.717) is 18.4 Å². The molecule has 3 heterocycles. The molecule has 0 bridgehead atoms. The van der Waals surface area contributed by atoms with E-state index in [2.05, 4.69) is 13.8 Å². The van der Waals surface area contributed by atoms with Crippen molar-refractivity contribution in [3.05, 3.63) is 11.6 Å². The molecule has 7 aliphatic rings. The molecule has 0 radical (unpaired) electrons. The number of hydrogen-bond donors (Lipinski definition) is 7. The summed E-state index contributed by atoms with van der Waals surface area (Å²) in [5.74, 6) is 0.737. The average molecular weight is 683 g/mol. The molecule has 13 nitrogen and oxygen atoms in total. The minimum atomic E-state index is -1.69. The molecule has 272 valence electrons. The summed E-state index contributed by atoms with van der Waals surface area (Å²) in [6, 6.07) is 0. The molecular weight excluding hydrogens is 628 g/mol. The number of carbonyl (C=O) groups excluding carboxylic acids is 1. The Morgan fingerprint density at radius 3 is 2.31 bits per heavy atom. The fourth-order valence-corrected chi connectivity index (χ4v) is 11.3. The lowest BCUT2D eigenvalue weighted by molar-refractivity contribution is -0.370. The monoisotopic (exact) mass is 682 g/mol. The largest absolute Gasteiger partial charge is 0.458 e. The van der Waals surface area contributed by atoms with Crippen molar-refractivity contribution in [2.24, 2.45) is 34.5 Å². The number of aliphatic hydroxyl groups is 7. The van der Waals surface area contributed by atoms with Gasteiger partial charge in [-0.2, -0.15) is 0 Å². The van der Waals surface area contributed by atoms with Crippen LogP contribution in [0.3, 0.4) is 0 Å². The Bertz CT molecular complexity index is 1240. The molecule has 3 aliphatic heterocycles. The highest BCUT2D eigenvalue weighted by Gasteiger charge is 2.68. The zero-order chi connectivity index (χ0) is 34.3. The zero-order valence-electron chi connectivity index (χ0n) is 28.1. The van der Waals surface area contributed by atoms with Crippen LogP contribution in [0.2, 0.25) is 0 Å². The third-order valence-corrected chi connectivity index (χ3v) is 14.2. The second-order valence-corrected chi connectivity index (χ2v) is 16.3. The van der Waals surface area contributed by atoms with Crippen molar-refractivity contribution in [3.63, 3.8) is 0 Å². The summed E-state index contributed by atoms with van der Waals surface area (Å²) in [4.78, 5) is 11.9.